The first-order chi connectivity index (χ1) is 15.0. The van der Waals surface area contributed by atoms with Gasteiger partial charge in [0.25, 0.3) is 0 Å². The minimum Gasteiger partial charge on any atom is -0.482 e. The third kappa shape index (κ3) is 5.82. The number of carboxylic acids is 1. The highest BCUT2D eigenvalue weighted by Gasteiger charge is 2.30. The summed E-state index contributed by atoms with van der Waals surface area (Å²) in [5.41, 5.74) is 2.06. The van der Waals surface area contributed by atoms with Gasteiger partial charge in [0.1, 0.15) is 5.75 Å². The van der Waals surface area contributed by atoms with Gasteiger partial charge in [-0.05, 0) is 60.9 Å². The Morgan fingerprint density at radius 3 is 2.41 bits per heavy atom. The zero-order chi connectivity index (χ0) is 23.5. The first-order valence-corrected chi connectivity index (χ1v) is 10.7. The van der Waals surface area contributed by atoms with Crippen LogP contribution in [0.4, 0.5) is 13.2 Å². The van der Waals surface area contributed by atoms with Crippen LogP contribution in [0.3, 0.4) is 0 Å². The summed E-state index contributed by atoms with van der Waals surface area (Å²) < 4.78 is 43.7. The molecule has 10 heteroatoms. The van der Waals surface area contributed by atoms with Gasteiger partial charge in [-0.1, -0.05) is 13.8 Å². The first kappa shape index (κ1) is 23.6. The molecule has 0 aliphatic rings. The molecule has 6 nitrogen and oxygen atoms in total. The molecule has 0 aliphatic carbocycles. The molecule has 170 valence electrons. The summed E-state index contributed by atoms with van der Waals surface area (Å²) in [7, 11) is 0. The predicted octanol–water partition coefficient (Wildman–Crippen LogP) is 5.47. The van der Waals surface area contributed by atoms with Gasteiger partial charge >= 0.3 is 12.1 Å². The van der Waals surface area contributed by atoms with E-state index in [-0.39, 0.29) is 5.92 Å². The van der Waals surface area contributed by atoms with Crippen LogP contribution in [0.2, 0.25) is 0 Å². The fraction of sp³-hybridized carbons (Fsp3) is 0.318. The molecule has 1 heterocycles. The maximum atomic E-state index is 12.8. The van der Waals surface area contributed by atoms with Gasteiger partial charge in [-0.25, -0.2) is 4.79 Å². The Hall–Kier alpha value is -3.01. The van der Waals surface area contributed by atoms with Crippen molar-refractivity contribution in [3.8, 4) is 11.4 Å². The number of thioether (sulfide) groups is 1. The molecule has 0 aliphatic heterocycles. The second-order valence-corrected chi connectivity index (χ2v) is 8.47. The second-order valence-electron chi connectivity index (χ2n) is 7.42. The lowest BCUT2D eigenvalue weighted by Crippen LogP contribution is -2.09. The van der Waals surface area contributed by atoms with Crippen molar-refractivity contribution >= 4 is 17.7 Å². The molecule has 1 aromatic heterocycles. The van der Waals surface area contributed by atoms with Crippen molar-refractivity contribution in [3.05, 3.63) is 65.0 Å². The number of rotatable bonds is 8. The maximum Gasteiger partial charge on any atom is 0.416 e. The third-order valence-electron chi connectivity index (χ3n) is 4.56. The van der Waals surface area contributed by atoms with Crippen molar-refractivity contribution in [2.24, 2.45) is 0 Å². The number of aliphatic carboxylic acids is 1. The topological polar surface area (TPSA) is 77.2 Å². The molecule has 3 aromatic rings. The van der Waals surface area contributed by atoms with Crippen molar-refractivity contribution < 1.29 is 27.8 Å². The smallest absolute Gasteiger partial charge is 0.416 e. The Morgan fingerprint density at radius 1 is 1.16 bits per heavy atom. The number of benzene rings is 2. The lowest BCUT2D eigenvalue weighted by atomic mass is 10.1. The van der Waals surface area contributed by atoms with Crippen molar-refractivity contribution in [2.75, 3.05) is 6.61 Å². The van der Waals surface area contributed by atoms with E-state index in [0.29, 0.717) is 17.2 Å². The van der Waals surface area contributed by atoms with E-state index in [0.717, 1.165) is 34.0 Å². The predicted molar refractivity (Wildman–Crippen MR) is 114 cm³/mol. The van der Waals surface area contributed by atoms with Crippen molar-refractivity contribution in [3.63, 3.8) is 0 Å². The normalized spacial score (nSPS) is 11.7. The molecular formula is C22H22F3N3O3S. The number of hydrogen-bond donors (Lipinski definition) is 1. The third-order valence-corrected chi connectivity index (χ3v) is 5.56. The summed E-state index contributed by atoms with van der Waals surface area (Å²) in [5, 5.41) is 17.7. The molecule has 0 saturated carbocycles. The zero-order valence-electron chi connectivity index (χ0n) is 17.7. The number of hydrogen-bond acceptors (Lipinski definition) is 5. The number of ether oxygens (including phenoxy) is 1. The number of alkyl halides is 3. The van der Waals surface area contributed by atoms with E-state index in [1.54, 1.807) is 6.07 Å². The van der Waals surface area contributed by atoms with Crippen molar-refractivity contribution in [2.45, 2.75) is 43.5 Å². The molecule has 0 amide bonds. The Labute approximate surface area is 187 Å². The van der Waals surface area contributed by atoms with Gasteiger partial charge in [-0.3, -0.25) is 0 Å². The largest absolute Gasteiger partial charge is 0.482 e. The van der Waals surface area contributed by atoms with Crippen LogP contribution in [0.15, 0.2) is 47.4 Å². The second kappa shape index (κ2) is 9.64. The van der Waals surface area contributed by atoms with Gasteiger partial charge in [0, 0.05) is 10.6 Å². The average molecular weight is 465 g/mol. The molecule has 0 saturated heterocycles. The van der Waals surface area contributed by atoms with Crippen LogP contribution < -0.4 is 4.74 Å². The van der Waals surface area contributed by atoms with E-state index in [4.69, 9.17) is 9.84 Å². The highest BCUT2D eigenvalue weighted by atomic mass is 32.2. The standard InChI is InChI=1S/C22H22F3N3O3S/c1-13(2)21-18(12-32-17-8-9-19(14(3)10-17)31-11-20(29)30)26-28(27-21)16-6-4-15(5-7-16)22(23,24)25/h4-10,13H,11-12H2,1-3H3,(H,29,30). The molecule has 0 bridgehead atoms. The minimum atomic E-state index is -4.40. The minimum absolute atomic E-state index is 0.0855. The van der Waals surface area contributed by atoms with Crippen LogP contribution in [0.1, 0.15) is 42.3 Å². The van der Waals surface area contributed by atoms with Crippen LogP contribution in [-0.4, -0.2) is 32.7 Å². The molecule has 0 unspecified atom stereocenters. The monoisotopic (exact) mass is 465 g/mol. The fourth-order valence-corrected chi connectivity index (χ4v) is 3.90. The van der Waals surface area contributed by atoms with Crippen LogP contribution in [-0.2, 0) is 16.7 Å². The Balaban J connectivity index is 1.76. The van der Waals surface area contributed by atoms with Gasteiger partial charge in [0.05, 0.1) is 22.6 Å². The molecule has 3 rings (SSSR count). The number of carbonyl (C=O) groups is 1. The summed E-state index contributed by atoms with van der Waals surface area (Å²) in [6.45, 7) is 5.39. The molecule has 32 heavy (non-hydrogen) atoms. The molecule has 2 aromatic carbocycles. The average Bonchev–Trinajstić information content (AvgIpc) is 3.15. The zero-order valence-corrected chi connectivity index (χ0v) is 18.5. The molecule has 1 N–H and O–H groups in total. The number of carboxylic acid groups (broad SMARTS) is 1. The number of nitrogens with zero attached hydrogens (tertiary/aromatic N) is 3. The number of aromatic nitrogens is 3. The molecule has 0 radical (unpaired) electrons. The van der Waals surface area contributed by atoms with E-state index >= 15 is 0 Å². The summed E-state index contributed by atoms with van der Waals surface area (Å²) in [6, 6.07) is 10.2. The number of halogens is 3. The Morgan fingerprint density at radius 2 is 1.84 bits per heavy atom. The highest BCUT2D eigenvalue weighted by molar-refractivity contribution is 7.98. The van der Waals surface area contributed by atoms with E-state index < -0.39 is 24.3 Å². The lowest BCUT2D eigenvalue weighted by molar-refractivity contribution is -0.139. The fourth-order valence-electron chi connectivity index (χ4n) is 2.96. The maximum absolute atomic E-state index is 12.8. The quantitative estimate of drug-likeness (QED) is 0.445. The summed E-state index contributed by atoms with van der Waals surface area (Å²) >= 11 is 1.53. The van der Waals surface area contributed by atoms with Gasteiger partial charge in [-0.2, -0.15) is 28.2 Å². The van der Waals surface area contributed by atoms with Crippen LogP contribution in [0.5, 0.6) is 5.75 Å². The summed E-state index contributed by atoms with van der Waals surface area (Å²) in [5.74, 6) is 0.0681. The van der Waals surface area contributed by atoms with Gasteiger partial charge in [0.15, 0.2) is 6.61 Å². The van der Waals surface area contributed by atoms with Crippen molar-refractivity contribution in [1.82, 2.24) is 15.0 Å². The summed E-state index contributed by atoms with van der Waals surface area (Å²) in [4.78, 5) is 13.0. The van der Waals surface area contributed by atoms with E-state index in [2.05, 4.69) is 10.2 Å². The Bertz CT molecular complexity index is 1100. The molecule has 0 spiro atoms. The summed E-state index contributed by atoms with van der Waals surface area (Å²) in [6.07, 6.45) is -4.40. The van der Waals surface area contributed by atoms with E-state index in [1.165, 1.54) is 28.7 Å². The highest BCUT2D eigenvalue weighted by Crippen LogP contribution is 2.31. The molecule has 0 atom stereocenters. The van der Waals surface area contributed by atoms with Crippen LogP contribution in [0, 0.1) is 6.92 Å². The van der Waals surface area contributed by atoms with Crippen molar-refractivity contribution in [1.29, 1.82) is 0 Å². The SMILES string of the molecule is Cc1cc(SCc2nn(-c3ccc(C(F)(F)F)cc3)nc2C(C)C)ccc1OCC(=O)O. The molecule has 0 fully saturated rings. The Kier molecular flexibility index (Phi) is 7.12. The van der Waals surface area contributed by atoms with Crippen LogP contribution in [0.25, 0.3) is 5.69 Å². The number of aryl methyl sites for hydroxylation is 1. The van der Waals surface area contributed by atoms with Crippen LogP contribution >= 0.6 is 11.8 Å². The van der Waals surface area contributed by atoms with E-state index in [1.807, 2.05) is 32.9 Å². The van der Waals surface area contributed by atoms with E-state index in [9.17, 15) is 18.0 Å². The van der Waals surface area contributed by atoms with Gasteiger partial charge < -0.3 is 9.84 Å². The van der Waals surface area contributed by atoms with Gasteiger partial charge in [0.2, 0.25) is 0 Å². The lowest BCUT2D eigenvalue weighted by Gasteiger charge is -2.09. The molecular weight excluding hydrogens is 443 g/mol. The first-order valence-electron chi connectivity index (χ1n) is 9.76. The van der Waals surface area contributed by atoms with Gasteiger partial charge in [-0.15, -0.1) is 11.8 Å².